The van der Waals surface area contributed by atoms with Crippen LogP contribution in [0.4, 0.5) is 16.2 Å². The summed E-state index contributed by atoms with van der Waals surface area (Å²) in [4.78, 5) is 19.6. The fraction of sp³-hybridized carbons (Fsp3) is 0.0833. The molecule has 2 aromatic heterocycles. The van der Waals surface area contributed by atoms with Crippen LogP contribution < -0.4 is 26.6 Å². The van der Waals surface area contributed by atoms with Gasteiger partial charge in [0.25, 0.3) is 0 Å². The van der Waals surface area contributed by atoms with Crippen LogP contribution in [0, 0.1) is 6.92 Å². The maximum atomic E-state index is 12.2. The van der Waals surface area contributed by atoms with Gasteiger partial charge >= 0.3 is 6.03 Å². The van der Waals surface area contributed by atoms with E-state index >= 15 is 0 Å². The maximum Gasteiger partial charge on any atom is 0.323 e. The molecule has 0 radical (unpaired) electrons. The van der Waals surface area contributed by atoms with Crippen LogP contribution in [0.5, 0.6) is 11.5 Å². The van der Waals surface area contributed by atoms with E-state index in [4.69, 9.17) is 10.6 Å². The number of carbonyl (C=O) groups excluding carboxylic acids is 1. The van der Waals surface area contributed by atoms with Gasteiger partial charge in [0.1, 0.15) is 17.7 Å². The van der Waals surface area contributed by atoms with Crippen LogP contribution in [-0.4, -0.2) is 21.1 Å². The minimum Gasteiger partial charge on any atom is -0.457 e. The van der Waals surface area contributed by atoms with Crippen LogP contribution in [0.25, 0.3) is 11.4 Å². The number of amides is 2. The minimum atomic E-state index is -0.972. The Morgan fingerprint density at radius 1 is 1.03 bits per heavy atom. The summed E-state index contributed by atoms with van der Waals surface area (Å²) < 4.78 is 5.92. The van der Waals surface area contributed by atoms with Gasteiger partial charge in [-0.2, -0.15) is 0 Å². The smallest absolute Gasteiger partial charge is 0.323 e. The van der Waals surface area contributed by atoms with Gasteiger partial charge in [-0.15, -0.1) is 0 Å². The third-order valence-corrected chi connectivity index (χ3v) is 4.81. The lowest BCUT2D eigenvalue weighted by molar-refractivity contribution is 0.140. The van der Waals surface area contributed by atoms with Crippen LogP contribution in [0.15, 0.2) is 79.1 Å². The zero-order chi connectivity index (χ0) is 23.2. The van der Waals surface area contributed by atoms with Gasteiger partial charge < -0.3 is 25.5 Å². The molecule has 2 heterocycles. The van der Waals surface area contributed by atoms with E-state index in [1.807, 2.05) is 31.2 Å². The number of aryl methyl sites for hydroxylation is 1. The fourth-order valence-electron chi connectivity index (χ4n) is 3.19. The maximum absolute atomic E-state index is 12.2. The molecule has 7 N–H and O–H groups in total. The van der Waals surface area contributed by atoms with Crippen molar-refractivity contribution in [3.8, 4) is 22.9 Å². The first-order chi connectivity index (χ1) is 16.0. The second-order valence-corrected chi connectivity index (χ2v) is 7.37. The Labute approximate surface area is 190 Å². The number of aliphatic hydroxyl groups is 1. The summed E-state index contributed by atoms with van der Waals surface area (Å²) in [5.74, 6) is 6.46. The third kappa shape index (κ3) is 5.74. The number of aromatic amines is 1. The van der Waals surface area contributed by atoms with Gasteiger partial charge in [0.2, 0.25) is 0 Å². The van der Waals surface area contributed by atoms with Gasteiger partial charge in [0.15, 0.2) is 0 Å². The predicted octanol–water partition coefficient (Wildman–Crippen LogP) is 4.28. The molecule has 0 aliphatic carbocycles. The standard InChI is InChI=1S/C24H24N6O3/c1-15-3-2-4-18(11-15)29-24(32)28-17-5-7-19(8-6-17)33-20-9-10-26-22(13-20)21-12-16(14-27-21)23(31)30-25/h2-14,23,27,30-31H,25H2,1H3,(H2,28,29,32). The molecule has 33 heavy (non-hydrogen) atoms. The normalized spacial score (nSPS) is 11.6. The van der Waals surface area contributed by atoms with Crippen molar-refractivity contribution in [2.24, 2.45) is 5.84 Å². The number of carbonyl (C=O) groups is 1. The van der Waals surface area contributed by atoms with Crippen molar-refractivity contribution in [2.45, 2.75) is 13.2 Å². The number of hydrogen-bond acceptors (Lipinski definition) is 6. The lowest BCUT2D eigenvalue weighted by Gasteiger charge is -2.10. The number of rotatable bonds is 7. The van der Waals surface area contributed by atoms with Crippen LogP contribution in [0.1, 0.15) is 17.4 Å². The monoisotopic (exact) mass is 444 g/mol. The molecule has 0 aliphatic heterocycles. The quantitative estimate of drug-likeness (QED) is 0.143. The van der Waals surface area contributed by atoms with Crippen molar-refractivity contribution in [1.29, 1.82) is 0 Å². The summed E-state index contributed by atoms with van der Waals surface area (Å²) in [6, 6.07) is 19.6. The molecule has 9 heteroatoms. The van der Waals surface area contributed by atoms with E-state index in [0.717, 1.165) is 11.3 Å². The van der Waals surface area contributed by atoms with Crippen molar-refractivity contribution in [2.75, 3.05) is 10.6 Å². The third-order valence-electron chi connectivity index (χ3n) is 4.81. The van der Waals surface area contributed by atoms with Gasteiger partial charge in [-0.05, 0) is 61.0 Å². The first-order valence-electron chi connectivity index (χ1n) is 10.2. The van der Waals surface area contributed by atoms with Crippen LogP contribution in [-0.2, 0) is 0 Å². The van der Waals surface area contributed by atoms with Gasteiger partial charge in [-0.1, -0.05) is 12.1 Å². The van der Waals surface area contributed by atoms with Crippen molar-refractivity contribution < 1.29 is 14.6 Å². The SMILES string of the molecule is Cc1cccc(NC(=O)Nc2ccc(Oc3ccnc(-c4cc(C(O)NN)c[nH]4)c3)cc2)c1. The second-order valence-electron chi connectivity index (χ2n) is 7.37. The zero-order valence-electron chi connectivity index (χ0n) is 17.9. The number of nitrogens with zero attached hydrogens (tertiary/aromatic N) is 1. The van der Waals surface area contributed by atoms with Crippen molar-refractivity contribution in [3.05, 3.63) is 90.3 Å². The number of pyridine rings is 1. The van der Waals surface area contributed by atoms with E-state index in [2.05, 4.69) is 26.0 Å². The average Bonchev–Trinajstić information content (AvgIpc) is 3.30. The predicted molar refractivity (Wildman–Crippen MR) is 127 cm³/mol. The van der Waals surface area contributed by atoms with Crippen molar-refractivity contribution in [3.63, 3.8) is 0 Å². The molecule has 1 unspecified atom stereocenters. The Hall–Kier alpha value is -4.18. The number of urea groups is 1. The number of ether oxygens (including phenoxy) is 1. The van der Waals surface area contributed by atoms with Gasteiger partial charge in [0.05, 0.1) is 11.4 Å². The molecule has 0 saturated carbocycles. The Kier molecular flexibility index (Phi) is 6.65. The van der Waals surface area contributed by atoms with Crippen molar-refractivity contribution >= 4 is 17.4 Å². The number of hydrazine groups is 1. The molecule has 2 amide bonds. The number of nitrogens with one attached hydrogen (secondary N) is 4. The minimum absolute atomic E-state index is 0.326. The molecule has 9 nitrogen and oxygen atoms in total. The molecular formula is C24H24N6O3. The Balaban J connectivity index is 1.38. The summed E-state index contributed by atoms with van der Waals surface area (Å²) >= 11 is 0. The molecule has 2 aromatic carbocycles. The van der Waals surface area contributed by atoms with E-state index < -0.39 is 6.23 Å². The number of aliphatic hydroxyl groups excluding tert-OH is 1. The summed E-state index contributed by atoms with van der Waals surface area (Å²) in [6.07, 6.45) is 2.31. The second kappa shape index (κ2) is 9.96. The van der Waals surface area contributed by atoms with E-state index in [0.29, 0.717) is 34.1 Å². The van der Waals surface area contributed by atoms with Crippen LogP contribution >= 0.6 is 0 Å². The highest BCUT2D eigenvalue weighted by molar-refractivity contribution is 5.99. The highest BCUT2D eigenvalue weighted by atomic mass is 16.5. The number of anilines is 2. The highest BCUT2D eigenvalue weighted by Crippen LogP contribution is 2.27. The number of nitrogens with two attached hydrogens (primary N) is 1. The van der Waals surface area contributed by atoms with Gasteiger partial charge in [0, 0.05) is 35.4 Å². The van der Waals surface area contributed by atoms with Crippen molar-refractivity contribution in [1.82, 2.24) is 15.4 Å². The molecule has 168 valence electrons. The summed E-state index contributed by atoms with van der Waals surface area (Å²) in [7, 11) is 0. The van der Waals surface area contributed by atoms with E-state index in [1.54, 1.807) is 54.9 Å². The number of hydrogen-bond donors (Lipinski definition) is 6. The molecule has 0 spiro atoms. The van der Waals surface area contributed by atoms with Gasteiger partial charge in [-0.3, -0.25) is 10.8 Å². The summed E-state index contributed by atoms with van der Waals surface area (Å²) in [5.41, 5.74) is 6.66. The average molecular weight is 444 g/mol. The Morgan fingerprint density at radius 2 is 1.82 bits per heavy atom. The number of H-pyrrole nitrogens is 1. The topological polar surface area (TPSA) is 137 Å². The summed E-state index contributed by atoms with van der Waals surface area (Å²) in [6.45, 7) is 1.96. The highest BCUT2D eigenvalue weighted by Gasteiger charge is 2.10. The molecule has 0 saturated heterocycles. The molecular weight excluding hydrogens is 420 g/mol. The molecule has 0 aliphatic rings. The molecule has 0 bridgehead atoms. The number of aromatic nitrogens is 2. The van der Waals surface area contributed by atoms with E-state index in [9.17, 15) is 9.90 Å². The van der Waals surface area contributed by atoms with Gasteiger partial charge in [-0.25, -0.2) is 10.2 Å². The largest absolute Gasteiger partial charge is 0.457 e. The molecule has 4 rings (SSSR count). The first-order valence-corrected chi connectivity index (χ1v) is 10.2. The Morgan fingerprint density at radius 3 is 2.58 bits per heavy atom. The molecule has 0 fully saturated rings. The van der Waals surface area contributed by atoms with E-state index in [1.165, 1.54) is 0 Å². The van der Waals surface area contributed by atoms with Crippen LogP contribution in [0.2, 0.25) is 0 Å². The fourth-order valence-corrected chi connectivity index (χ4v) is 3.19. The number of benzene rings is 2. The lowest BCUT2D eigenvalue weighted by Crippen LogP contribution is -2.27. The van der Waals surface area contributed by atoms with Crippen LogP contribution in [0.3, 0.4) is 0 Å². The first kappa shape index (κ1) is 22.0. The Bertz CT molecular complexity index is 1240. The zero-order valence-corrected chi connectivity index (χ0v) is 17.9. The molecule has 4 aromatic rings. The van der Waals surface area contributed by atoms with E-state index in [-0.39, 0.29) is 6.03 Å². The molecule has 1 atom stereocenters. The lowest BCUT2D eigenvalue weighted by atomic mass is 10.2. The summed E-state index contributed by atoms with van der Waals surface area (Å²) in [5, 5.41) is 15.4.